The molecule has 0 saturated carbocycles. The minimum absolute atomic E-state index is 0.0731. The van der Waals surface area contributed by atoms with Crippen LogP contribution in [0.5, 0.6) is 0 Å². The van der Waals surface area contributed by atoms with Crippen LogP contribution in [0.2, 0.25) is 0 Å². The van der Waals surface area contributed by atoms with Crippen LogP contribution in [0.25, 0.3) is 16.0 Å². The molecular formula is C22H23N5O2S. The number of hydrogen-bond acceptors (Lipinski definition) is 6. The Morgan fingerprint density at radius 2 is 2.07 bits per heavy atom. The number of anilines is 1. The van der Waals surface area contributed by atoms with Crippen LogP contribution >= 0.6 is 11.3 Å². The van der Waals surface area contributed by atoms with Crippen molar-refractivity contribution < 1.29 is 9.21 Å². The molecule has 30 heavy (non-hydrogen) atoms. The Labute approximate surface area is 178 Å². The average molecular weight is 422 g/mol. The summed E-state index contributed by atoms with van der Waals surface area (Å²) in [5, 5.41) is 8.83. The third-order valence-electron chi connectivity index (χ3n) is 5.51. The summed E-state index contributed by atoms with van der Waals surface area (Å²) in [4.78, 5) is 19.5. The van der Waals surface area contributed by atoms with Gasteiger partial charge in [0.05, 0.1) is 27.9 Å². The van der Waals surface area contributed by atoms with Crippen molar-refractivity contribution in [3.8, 4) is 5.69 Å². The summed E-state index contributed by atoms with van der Waals surface area (Å²) in [6.07, 6.45) is 4.78. The maximum absolute atomic E-state index is 12.2. The van der Waals surface area contributed by atoms with E-state index in [4.69, 9.17) is 14.5 Å². The van der Waals surface area contributed by atoms with E-state index in [-0.39, 0.29) is 11.9 Å². The summed E-state index contributed by atoms with van der Waals surface area (Å²) < 4.78 is 8.06. The molecule has 1 aliphatic rings. The van der Waals surface area contributed by atoms with Crippen molar-refractivity contribution in [3.05, 3.63) is 59.7 Å². The summed E-state index contributed by atoms with van der Waals surface area (Å²) in [5.74, 6) is -0.0731. The van der Waals surface area contributed by atoms with Crippen LogP contribution in [-0.2, 0) is 0 Å². The first-order chi connectivity index (χ1) is 14.6. The number of thiazole rings is 1. The fourth-order valence-electron chi connectivity index (χ4n) is 3.88. The van der Waals surface area contributed by atoms with E-state index >= 15 is 0 Å². The van der Waals surface area contributed by atoms with Crippen LogP contribution in [0.15, 0.2) is 47.3 Å². The molecule has 1 aromatic carbocycles. The Morgan fingerprint density at radius 3 is 2.80 bits per heavy atom. The molecule has 0 atom stereocenters. The molecule has 154 valence electrons. The van der Waals surface area contributed by atoms with Crippen molar-refractivity contribution in [3.63, 3.8) is 0 Å². The van der Waals surface area contributed by atoms with Gasteiger partial charge >= 0.3 is 0 Å². The monoisotopic (exact) mass is 421 g/mol. The van der Waals surface area contributed by atoms with Gasteiger partial charge in [-0.25, -0.2) is 4.68 Å². The second-order valence-electron chi connectivity index (χ2n) is 7.73. The molecule has 0 bridgehead atoms. The Hall–Kier alpha value is -3.13. The number of carbonyl (C=O) groups excluding carboxylic acids is 1. The molecule has 0 spiro atoms. The molecule has 0 aliphatic carbocycles. The number of carbonyl (C=O) groups is 1. The van der Waals surface area contributed by atoms with Crippen LogP contribution < -0.4 is 10.2 Å². The number of aromatic nitrogens is 3. The highest BCUT2D eigenvalue weighted by Crippen LogP contribution is 2.33. The zero-order chi connectivity index (χ0) is 20.7. The summed E-state index contributed by atoms with van der Waals surface area (Å²) in [7, 11) is 0. The molecule has 4 aromatic rings. The quantitative estimate of drug-likeness (QED) is 0.537. The zero-order valence-corrected chi connectivity index (χ0v) is 17.8. The molecule has 1 amide bonds. The van der Waals surface area contributed by atoms with Gasteiger partial charge in [0.2, 0.25) is 0 Å². The molecule has 1 fully saturated rings. The predicted octanol–water partition coefficient (Wildman–Crippen LogP) is 4.09. The van der Waals surface area contributed by atoms with Gasteiger partial charge in [-0.15, -0.1) is 0 Å². The van der Waals surface area contributed by atoms with Gasteiger partial charge in [-0.1, -0.05) is 23.5 Å². The minimum Gasteiger partial charge on any atom is -0.472 e. The van der Waals surface area contributed by atoms with Gasteiger partial charge in [0, 0.05) is 19.1 Å². The smallest absolute Gasteiger partial charge is 0.254 e. The highest BCUT2D eigenvalue weighted by atomic mass is 32.1. The lowest BCUT2D eigenvalue weighted by atomic mass is 10.1. The lowest BCUT2D eigenvalue weighted by molar-refractivity contribution is 0.0930. The van der Waals surface area contributed by atoms with E-state index in [0.29, 0.717) is 5.56 Å². The van der Waals surface area contributed by atoms with Crippen LogP contribution in [0.3, 0.4) is 0 Å². The maximum Gasteiger partial charge on any atom is 0.254 e. The van der Waals surface area contributed by atoms with Crippen LogP contribution in [0.1, 0.15) is 34.5 Å². The van der Waals surface area contributed by atoms with Crippen LogP contribution in [-0.4, -0.2) is 39.8 Å². The zero-order valence-electron chi connectivity index (χ0n) is 17.0. The standard InChI is InChI=1S/C22H23N5O2S/c1-14-4-3-5-18(12-14)27-20-19(15(2)25-27)30-22(24-20)26-9-6-17(7-10-26)23-21(28)16-8-11-29-13-16/h3-5,8,11-13,17H,6-7,9-10H2,1-2H3,(H,23,28). The maximum atomic E-state index is 12.2. The fraction of sp³-hybridized carbons (Fsp3) is 0.318. The van der Waals surface area contributed by atoms with E-state index in [9.17, 15) is 4.79 Å². The molecule has 3 aromatic heterocycles. The van der Waals surface area contributed by atoms with Crippen molar-refractivity contribution >= 4 is 32.7 Å². The Kier molecular flexibility index (Phi) is 4.78. The van der Waals surface area contributed by atoms with Gasteiger partial charge in [-0.05, 0) is 50.5 Å². The SMILES string of the molecule is Cc1cccc(-n2nc(C)c3sc(N4CCC(NC(=O)c5ccoc5)CC4)nc32)c1. The average Bonchev–Trinajstić information content (AvgIpc) is 3.47. The number of benzene rings is 1. The molecule has 4 heterocycles. The highest BCUT2D eigenvalue weighted by Gasteiger charge is 2.25. The lowest BCUT2D eigenvalue weighted by Crippen LogP contribution is -2.44. The number of piperidine rings is 1. The molecule has 7 nitrogen and oxygen atoms in total. The van der Waals surface area contributed by atoms with E-state index in [0.717, 1.165) is 52.8 Å². The molecule has 5 rings (SSSR count). The second kappa shape index (κ2) is 7.60. The first kappa shape index (κ1) is 18.9. The van der Waals surface area contributed by atoms with Crippen molar-refractivity contribution in [1.82, 2.24) is 20.1 Å². The Bertz CT molecular complexity index is 1190. The summed E-state index contributed by atoms with van der Waals surface area (Å²) >= 11 is 1.70. The normalized spacial score (nSPS) is 15.1. The molecule has 1 N–H and O–H groups in total. The van der Waals surface area contributed by atoms with Crippen molar-refractivity contribution in [2.45, 2.75) is 32.7 Å². The number of fused-ring (bicyclic) bond motifs is 1. The van der Waals surface area contributed by atoms with Gasteiger partial charge < -0.3 is 14.6 Å². The molecule has 1 saturated heterocycles. The van der Waals surface area contributed by atoms with Crippen LogP contribution in [0, 0.1) is 13.8 Å². The summed E-state index contributed by atoms with van der Waals surface area (Å²) in [6.45, 7) is 5.85. The van der Waals surface area contributed by atoms with E-state index in [1.165, 1.54) is 18.1 Å². The van der Waals surface area contributed by atoms with Gasteiger partial charge in [0.25, 0.3) is 5.91 Å². The number of nitrogens with one attached hydrogen (secondary N) is 1. The largest absolute Gasteiger partial charge is 0.472 e. The third kappa shape index (κ3) is 3.47. The van der Waals surface area contributed by atoms with Gasteiger partial charge in [0.15, 0.2) is 10.8 Å². The van der Waals surface area contributed by atoms with E-state index in [2.05, 4.69) is 35.3 Å². The first-order valence-corrected chi connectivity index (χ1v) is 10.9. The number of rotatable bonds is 4. The number of nitrogens with zero attached hydrogens (tertiary/aromatic N) is 4. The molecule has 1 aliphatic heterocycles. The second-order valence-corrected chi connectivity index (χ2v) is 8.71. The van der Waals surface area contributed by atoms with Crippen molar-refractivity contribution in [2.75, 3.05) is 18.0 Å². The number of furan rings is 1. The molecular weight excluding hydrogens is 398 g/mol. The van der Waals surface area contributed by atoms with Gasteiger partial charge in [-0.2, -0.15) is 10.1 Å². The number of hydrogen-bond donors (Lipinski definition) is 1. The van der Waals surface area contributed by atoms with E-state index < -0.39 is 0 Å². The molecule has 8 heteroatoms. The molecule has 0 radical (unpaired) electrons. The number of aryl methyl sites for hydroxylation is 2. The lowest BCUT2D eigenvalue weighted by Gasteiger charge is -2.32. The first-order valence-electron chi connectivity index (χ1n) is 10.1. The Balaban J connectivity index is 1.32. The summed E-state index contributed by atoms with van der Waals surface area (Å²) in [5.41, 5.74) is 4.71. The van der Waals surface area contributed by atoms with Crippen molar-refractivity contribution in [1.29, 1.82) is 0 Å². The van der Waals surface area contributed by atoms with Crippen LogP contribution in [0.4, 0.5) is 5.13 Å². The number of amides is 1. The fourth-order valence-corrected chi connectivity index (χ4v) is 4.91. The summed E-state index contributed by atoms with van der Waals surface area (Å²) in [6, 6.07) is 10.2. The molecule has 0 unspecified atom stereocenters. The van der Waals surface area contributed by atoms with Gasteiger partial charge in [-0.3, -0.25) is 4.79 Å². The van der Waals surface area contributed by atoms with Gasteiger partial charge in [0.1, 0.15) is 6.26 Å². The Morgan fingerprint density at radius 1 is 1.23 bits per heavy atom. The van der Waals surface area contributed by atoms with Crippen molar-refractivity contribution in [2.24, 2.45) is 0 Å². The minimum atomic E-state index is -0.0731. The topological polar surface area (TPSA) is 76.2 Å². The van der Waals surface area contributed by atoms with E-state index in [1.54, 1.807) is 17.4 Å². The third-order valence-corrected chi connectivity index (χ3v) is 6.72. The predicted molar refractivity (Wildman–Crippen MR) is 118 cm³/mol. The van der Waals surface area contributed by atoms with E-state index in [1.807, 2.05) is 17.7 Å². The highest BCUT2D eigenvalue weighted by molar-refractivity contribution is 7.22.